The van der Waals surface area contributed by atoms with E-state index in [1.807, 2.05) is 10.6 Å². The highest BCUT2D eigenvalue weighted by molar-refractivity contribution is 6.33. The van der Waals surface area contributed by atoms with E-state index in [1.165, 1.54) is 13.8 Å². The molecule has 2 amide bonds. The number of ether oxygens (including phenoxy) is 2. The molecule has 0 aliphatic rings. The van der Waals surface area contributed by atoms with Crippen molar-refractivity contribution in [3.8, 4) is 0 Å². The summed E-state index contributed by atoms with van der Waals surface area (Å²) >= 11 is 5.76. The lowest BCUT2D eigenvalue weighted by Crippen LogP contribution is -2.49. The Morgan fingerprint density at radius 3 is 2.12 bits per heavy atom. The van der Waals surface area contributed by atoms with E-state index in [4.69, 9.17) is 11.6 Å². The Labute approximate surface area is 151 Å². The van der Waals surface area contributed by atoms with Crippen LogP contribution in [0.1, 0.15) is 19.4 Å². The van der Waals surface area contributed by atoms with Crippen molar-refractivity contribution >= 4 is 35.3 Å². The molecule has 0 aromatic heterocycles. The van der Waals surface area contributed by atoms with E-state index >= 15 is 0 Å². The number of hydrogen-bond donors (Lipinski definition) is 2. The molecule has 7 nitrogen and oxygen atoms in total. The summed E-state index contributed by atoms with van der Waals surface area (Å²) in [6, 6.07) is -0.609. The molecule has 0 aliphatic heterocycles. The Kier molecular flexibility index (Phi) is 7.69. The van der Waals surface area contributed by atoms with Crippen LogP contribution in [0.25, 0.3) is 0 Å². The average Bonchev–Trinajstić information content (AvgIpc) is 2.54. The van der Waals surface area contributed by atoms with Crippen LogP contribution in [0.15, 0.2) is 18.2 Å². The number of anilines is 1. The van der Waals surface area contributed by atoms with Crippen LogP contribution in [0, 0.1) is 0 Å². The number of benzene rings is 1. The maximum Gasteiger partial charge on any atom is 0.416 e. The number of hydrogen-bond acceptors (Lipinski definition) is 5. The summed E-state index contributed by atoms with van der Waals surface area (Å²) < 4.78 is 47.5. The molecule has 0 saturated carbocycles. The maximum atomic E-state index is 12.7. The van der Waals surface area contributed by atoms with Crippen molar-refractivity contribution in [1.82, 2.24) is 5.32 Å². The van der Waals surface area contributed by atoms with E-state index in [-0.39, 0.29) is 23.9 Å². The molecule has 0 saturated heterocycles. The van der Waals surface area contributed by atoms with Crippen LogP contribution in [-0.4, -0.2) is 37.2 Å². The fraction of sp³-hybridized carbons (Fsp3) is 0.400. The van der Waals surface area contributed by atoms with E-state index < -0.39 is 35.8 Å². The average molecular weight is 397 g/mol. The number of alkyl halides is 3. The molecule has 0 bridgehead atoms. The minimum absolute atomic E-state index is 0.0580. The van der Waals surface area contributed by atoms with Gasteiger partial charge in [0.15, 0.2) is 0 Å². The summed E-state index contributed by atoms with van der Waals surface area (Å²) in [5.41, 5.74) is -1.39. The Morgan fingerprint density at radius 1 is 1.12 bits per heavy atom. The summed E-state index contributed by atoms with van der Waals surface area (Å²) in [7, 11) is 0. The zero-order chi connectivity index (χ0) is 19.9. The van der Waals surface area contributed by atoms with Crippen LogP contribution in [0.2, 0.25) is 5.02 Å². The van der Waals surface area contributed by atoms with Gasteiger partial charge in [0, 0.05) is 0 Å². The monoisotopic (exact) mass is 396 g/mol. The van der Waals surface area contributed by atoms with Crippen molar-refractivity contribution < 1.29 is 37.0 Å². The van der Waals surface area contributed by atoms with E-state index in [0.29, 0.717) is 6.07 Å². The molecule has 0 fully saturated rings. The lowest BCUT2D eigenvalue weighted by molar-refractivity contribution is -0.157. The lowest BCUT2D eigenvalue weighted by atomic mass is 10.2. The van der Waals surface area contributed by atoms with Crippen molar-refractivity contribution in [2.75, 3.05) is 18.5 Å². The Bertz CT molecular complexity index is 664. The molecule has 0 unspecified atom stereocenters. The van der Waals surface area contributed by atoms with Crippen LogP contribution in [0.5, 0.6) is 0 Å². The predicted molar refractivity (Wildman–Crippen MR) is 85.7 cm³/mol. The van der Waals surface area contributed by atoms with Crippen molar-refractivity contribution in [2.45, 2.75) is 26.1 Å². The van der Waals surface area contributed by atoms with Gasteiger partial charge in [-0.3, -0.25) is 0 Å². The molecular formula is C15H16ClF3N2O5. The van der Waals surface area contributed by atoms with E-state index in [2.05, 4.69) is 9.47 Å². The predicted octanol–water partition coefficient (Wildman–Crippen LogP) is 2.98. The number of rotatable bonds is 6. The fourth-order valence-corrected chi connectivity index (χ4v) is 1.92. The third-order valence-corrected chi connectivity index (χ3v) is 3.19. The van der Waals surface area contributed by atoms with Gasteiger partial charge in [-0.1, -0.05) is 11.6 Å². The highest BCUT2D eigenvalue weighted by Crippen LogP contribution is 2.33. The molecule has 26 heavy (non-hydrogen) atoms. The zero-order valence-electron chi connectivity index (χ0n) is 13.8. The van der Waals surface area contributed by atoms with Gasteiger partial charge < -0.3 is 20.1 Å². The molecule has 0 atom stereocenters. The third-order valence-electron chi connectivity index (χ3n) is 2.86. The van der Waals surface area contributed by atoms with Gasteiger partial charge in [0.25, 0.3) is 0 Å². The normalized spacial score (nSPS) is 11.0. The van der Waals surface area contributed by atoms with Crippen LogP contribution >= 0.6 is 11.6 Å². The zero-order valence-corrected chi connectivity index (χ0v) is 14.5. The van der Waals surface area contributed by atoms with E-state index in [9.17, 15) is 27.6 Å². The van der Waals surface area contributed by atoms with Crippen molar-refractivity contribution in [2.24, 2.45) is 0 Å². The van der Waals surface area contributed by atoms with Gasteiger partial charge >= 0.3 is 24.1 Å². The van der Waals surface area contributed by atoms with Gasteiger partial charge in [0.2, 0.25) is 6.04 Å². The number of carbonyl (C=O) groups excluding carboxylic acids is 3. The second-order valence-corrected chi connectivity index (χ2v) is 5.14. The minimum Gasteiger partial charge on any atom is -0.464 e. The number of esters is 2. The Balaban J connectivity index is 2.94. The first kappa shape index (κ1) is 21.6. The van der Waals surface area contributed by atoms with Gasteiger partial charge in [-0.2, -0.15) is 13.2 Å². The van der Waals surface area contributed by atoms with Gasteiger partial charge in [0.1, 0.15) is 0 Å². The molecule has 0 heterocycles. The van der Waals surface area contributed by atoms with E-state index in [1.54, 1.807) is 0 Å². The standard InChI is InChI=1S/C15H16ClF3N2O5/c1-3-25-12(22)11(13(23)26-4-2)21-14(24)20-10-7-8(15(17,18)19)5-6-9(10)16/h5-7,11H,3-4H2,1-2H3,(H2,20,21,24). The van der Waals surface area contributed by atoms with Gasteiger partial charge in [-0.05, 0) is 32.0 Å². The fourth-order valence-electron chi connectivity index (χ4n) is 1.75. The molecule has 1 rings (SSSR count). The maximum absolute atomic E-state index is 12.7. The lowest BCUT2D eigenvalue weighted by Gasteiger charge is -2.17. The second kappa shape index (κ2) is 9.27. The summed E-state index contributed by atoms with van der Waals surface area (Å²) in [6.07, 6.45) is -4.64. The Morgan fingerprint density at radius 2 is 1.65 bits per heavy atom. The molecule has 0 radical (unpaired) electrons. The molecule has 11 heteroatoms. The second-order valence-electron chi connectivity index (χ2n) is 4.73. The molecule has 0 spiro atoms. The van der Waals surface area contributed by atoms with Crippen molar-refractivity contribution in [1.29, 1.82) is 0 Å². The highest BCUT2D eigenvalue weighted by Gasteiger charge is 2.33. The van der Waals surface area contributed by atoms with Crippen LogP contribution in [-0.2, 0) is 25.2 Å². The molecule has 0 aliphatic carbocycles. The highest BCUT2D eigenvalue weighted by atomic mass is 35.5. The first-order chi connectivity index (χ1) is 12.1. The molecular weight excluding hydrogens is 381 g/mol. The SMILES string of the molecule is CCOC(=O)C(NC(=O)Nc1cc(C(F)(F)F)ccc1Cl)C(=O)OCC. The summed E-state index contributed by atoms with van der Waals surface area (Å²) in [6.45, 7) is 2.86. The number of nitrogens with one attached hydrogen (secondary N) is 2. The van der Waals surface area contributed by atoms with Gasteiger partial charge in [-0.15, -0.1) is 0 Å². The van der Waals surface area contributed by atoms with Crippen LogP contribution in [0.3, 0.4) is 0 Å². The minimum atomic E-state index is -4.64. The summed E-state index contributed by atoms with van der Waals surface area (Å²) in [5.74, 6) is -2.15. The summed E-state index contributed by atoms with van der Waals surface area (Å²) in [4.78, 5) is 35.5. The summed E-state index contributed by atoms with van der Waals surface area (Å²) in [5, 5.41) is 3.86. The number of carbonyl (C=O) groups is 3. The van der Waals surface area contributed by atoms with Crippen molar-refractivity contribution in [3.05, 3.63) is 28.8 Å². The van der Waals surface area contributed by atoms with Gasteiger partial charge in [0.05, 0.1) is 29.5 Å². The number of halogens is 4. The molecule has 2 N–H and O–H groups in total. The third kappa shape index (κ3) is 6.10. The molecule has 1 aromatic rings. The number of urea groups is 1. The van der Waals surface area contributed by atoms with Crippen molar-refractivity contribution in [3.63, 3.8) is 0 Å². The van der Waals surface area contributed by atoms with Crippen LogP contribution < -0.4 is 10.6 Å². The molecule has 144 valence electrons. The van der Waals surface area contributed by atoms with Gasteiger partial charge in [-0.25, -0.2) is 14.4 Å². The number of amides is 2. The largest absolute Gasteiger partial charge is 0.464 e. The first-order valence-electron chi connectivity index (χ1n) is 7.37. The Hall–Kier alpha value is -2.49. The smallest absolute Gasteiger partial charge is 0.416 e. The van der Waals surface area contributed by atoms with Crippen LogP contribution in [0.4, 0.5) is 23.7 Å². The quantitative estimate of drug-likeness (QED) is 0.569. The van der Waals surface area contributed by atoms with E-state index in [0.717, 1.165) is 12.1 Å². The first-order valence-corrected chi connectivity index (χ1v) is 7.75. The molecule has 1 aromatic carbocycles. The topological polar surface area (TPSA) is 93.7 Å².